The molecular weight excluding hydrogens is 284 g/mol. The van der Waals surface area contributed by atoms with Gasteiger partial charge in [-0.3, -0.25) is 10.1 Å². The van der Waals surface area contributed by atoms with Gasteiger partial charge in [0.25, 0.3) is 5.91 Å². The van der Waals surface area contributed by atoms with Crippen LogP contribution in [0.4, 0.5) is 5.13 Å². The zero-order chi connectivity index (χ0) is 15.2. The Labute approximate surface area is 127 Å². The van der Waals surface area contributed by atoms with Gasteiger partial charge in [0, 0.05) is 16.9 Å². The number of thiazole rings is 1. The summed E-state index contributed by atoms with van der Waals surface area (Å²) in [4.78, 5) is 17.7. The van der Waals surface area contributed by atoms with E-state index in [0.717, 1.165) is 10.6 Å². The molecule has 2 aromatic rings. The SMILES string of the molecule is Cc1nc(NC(=O)c2ccccc2C#CCCO)sc1C. The maximum Gasteiger partial charge on any atom is 0.258 e. The summed E-state index contributed by atoms with van der Waals surface area (Å²) in [5.74, 6) is 5.52. The first kappa shape index (κ1) is 15.2. The Morgan fingerprint density at radius 1 is 1.38 bits per heavy atom. The third-order valence-corrected chi connectivity index (χ3v) is 3.87. The number of nitrogens with zero attached hydrogens (tertiary/aromatic N) is 1. The summed E-state index contributed by atoms with van der Waals surface area (Å²) < 4.78 is 0. The van der Waals surface area contributed by atoms with Gasteiger partial charge in [-0.1, -0.05) is 24.0 Å². The van der Waals surface area contributed by atoms with E-state index in [1.54, 1.807) is 18.2 Å². The second kappa shape index (κ2) is 7.02. The van der Waals surface area contributed by atoms with E-state index in [9.17, 15) is 4.79 Å². The van der Waals surface area contributed by atoms with E-state index in [1.165, 1.54) is 11.3 Å². The average molecular weight is 300 g/mol. The van der Waals surface area contributed by atoms with Gasteiger partial charge in [0.15, 0.2) is 5.13 Å². The molecule has 5 heteroatoms. The van der Waals surface area contributed by atoms with Crippen LogP contribution >= 0.6 is 11.3 Å². The van der Waals surface area contributed by atoms with Gasteiger partial charge in [-0.2, -0.15) is 0 Å². The number of aromatic nitrogens is 1. The van der Waals surface area contributed by atoms with E-state index in [4.69, 9.17) is 5.11 Å². The second-order valence-corrected chi connectivity index (χ2v) is 5.64. The molecule has 2 N–H and O–H groups in total. The fourth-order valence-corrected chi connectivity index (χ4v) is 2.50. The van der Waals surface area contributed by atoms with Crippen molar-refractivity contribution in [3.8, 4) is 11.8 Å². The van der Waals surface area contributed by atoms with Crippen molar-refractivity contribution >= 4 is 22.4 Å². The molecule has 0 spiro atoms. The minimum absolute atomic E-state index is 0.0129. The highest BCUT2D eigenvalue weighted by Crippen LogP contribution is 2.22. The van der Waals surface area contributed by atoms with Crippen LogP contribution < -0.4 is 5.32 Å². The summed E-state index contributed by atoms with van der Waals surface area (Å²) in [5.41, 5.74) is 2.08. The number of aliphatic hydroxyl groups is 1. The number of rotatable bonds is 3. The van der Waals surface area contributed by atoms with Gasteiger partial charge in [-0.05, 0) is 26.0 Å². The average Bonchev–Trinajstić information content (AvgIpc) is 2.78. The van der Waals surface area contributed by atoms with Crippen molar-refractivity contribution < 1.29 is 9.90 Å². The molecule has 0 atom stereocenters. The lowest BCUT2D eigenvalue weighted by molar-refractivity contribution is 0.102. The molecule has 0 saturated heterocycles. The smallest absolute Gasteiger partial charge is 0.258 e. The second-order valence-electron chi connectivity index (χ2n) is 4.44. The summed E-state index contributed by atoms with van der Waals surface area (Å²) in [5, 5.41) is 12.2. The molecule has 1 aromatic carbocycles. The van der Waals surface area contributed by atoms with Crippen LogP contribution in [-0.2, 0) is 0 Å². The van der Waals surface area contributed by atoms with Crippen molar-refractivity contribution in [3.63, 3.8) is 0 Å². The third kappa shape index (κ3) is 3.91. The summed E-state index contributed by atoms with van der Waals surface area (Å²) in [6, 6.07) is 7.14. The normalized spacial score (nSPS) is 9.86. The van der Waals surface area contributed by atoms with Crippen molar-refractivity contribution in [2.24, 2.45) is 0 Å². The number of hydrogen-bond donors (Lipinski definition) is 2. The lowest BCUT2D eigenvalue weighted by Crippen LogP contribution is -2.13. The van der Waals surface area contributed by atoms with Crippen molar-refractivity contribution in [2.75, 3.05) is 11.9 Å². The van der Waals surface area contributed by atoms with E-state index in [2.05, 4.69) is 22.1 Å². The van der Waals surface area contributed by atoms with E-state index >= 15 is 0 Å². The summed E-state index contributed by atoms with van der Waals surface area (Å²) in [7, 11) is 0. The zero-order valence-corrected chi connectivity index (χ0v) is 12.8. The molecule has 0 aliphatic heterocycles. The van der Waals surface area contributed by atoms with Crippen LogP contribution in [0.25, 0.3) is 0 Å². The number of hydrogen-bond acceptors (Lipinski definition) is 4. The predicted octanol–water partition coefficient (Wildman–Crippen LogP) is 2.75. The Kier molecular flexibility index (Phi) is 5.09. The first-order valence-electron chi connectivity index (χ1n) is 6.56. The van der Waals surface area contributed by atoms with E-state index in [0.29, 0.717) is 22.7 Å². The lowest BCUT2D eigenvalue weighted by atomic mass is 10.1. The first-order chi connectivity index (χ1) is 10.1. The molecule has 108 valence electrons. The van der Waals surface area contributed by atoms with E-state index < -0.39 is 0 Å². The van der Waals surface area contributed by atoms with Gasteiger partial charge in [0.1, 0.15) is 0 Å². The van der Waals surface area contributed by atoms with Crippen LogP contribution in [0, 0.1) is 25.7 Å². The van der Waals surface area contributed by atoms with Crippen LogP contribution in [0.2, 0.25) is 0 Å². The monoisotopic (exact) mass is 300 g/mol. The molecule has 21 heavy (non-hydrogen) atoms. The predicted molar refractivity (Wildman–Crippen MR) is 84.6 cm³/mol. The molecule has 1 amide bonds. The highest BCUT2D eigenvalue weighted by molar-refractivity contribution is 7.15. The summed E-state index contributed by atoms with van der Waals surface area (Å²) >= 11 is 1.45. The number of anilines is 1. The number of amides is 1. The summed E-state index contributed by atoms with van der Waals surface area (Å²) in [6.45, 7) is 3.89. The topological polar surface area (TPSA) is 62.2 Å². The van der Waals surface area contributed by atoms with Crippen molar-refractivity contribution in [3.05, 3.63) is 46.0 Å². The van der Waals surface area contributed by atoms with Gasteiger partial charge in [0.05, 0.1) is 17.9 Å². The maximum absolute atomic E-state index is 12.3. The zero-order valence-electron chi connectivity index (χ0n) is 11.9. The van der Waals surface area contributed by atoms with Crippen LogP contribution in [0.5, 0.6) is 0 Å². The molecule has 0 fully saturated rings. The molecule has 2 rings (SSSR count). The van der Waals surface area contributed by atoms with Crippen LogP contribution in [0.3, 0.4) is 0 Å². The van der Waals surface area contributed by atoms with Crippen molar-refractivity contribution in [1.29, 1.82) is 0 Å². The van der Waals surface area contributed by atoms with Crippen LogP contribution in [0.15, 0.2) is 24.3 Å². The molecule has 0 aliphatic rings. The van der Waals surface area contributed by atoms with Gasteiger partial charge in [-0.25, -0.2) is 4.98 Å². The molecular formula is C16H16N2O2S. The van der Waals surface area contributed by atoms with Crippen LogP contribution in [0.1, 0.15) is 32.9 Å². The van der Waals surface area contributed by atoms with Crippen molar-refractivity contribution in [2.45, 2.75) is 20.3 Å². The van der Waals surface area contributed by atoms with Gasteiger partial charge in [0.2, 0.25) is 0 Å². The Balaban J connectivity index is 2.21. The first-order valence-corrected chi connectivity index (χ1v) is 7.37. The van der Waals surface area contributed by atoms with Crippen LogP contribution in [-0.4, -0.2) is 22.6 Å². The molecule has 0 saturated carbocycles. The fraction of sp³-hybridized carbons (Fsp3) is 0.250. The van der Waals surface area contributed by atoms with E-state index in [1.807, 2.05) is 19.9 Å². The fourth-order valence-electron chi connectivity index (χ4n) is 1.69. The van der Waals surface area contributed by atoms with Gasteiger partial charge in [-0.15, -0.1) is 11.3 Å². The Morgan fingerprint density at radius 2 is 2.14 bits per heavy atom. The molecule has 1 heterocycles. The number of nitrogens with one attached hydrogen (secondary N) is 1. The maximum atomic E-state index is 12.3. The van der Waals surface area contributed by atoms with Gasteiger partial charge >= 0.3 is 0 Å². The lowest BCUT2D eigenvalue weighted by Gasteiger charge is -2.04. The van der Waals surface area contributed by atoms with Gasteiger partial charge < -0.3 is 5.11 Å². The largest absolute Gasteiger partial charge is 0.395 e. The molecule has 1 aromatic heterocycles. The van der Waals surface area contributed by atoms with E-state index in [-0.39, 0.29) is 12.5 Å². The number of carbonyl (C=O) groups is 1. The highest BCUT2D eigenvalue weighted by atomic mass is 32.1. The third-order valence-electron chi connectivity index (χ3n) is 2.88. The molecule has 0 radical (unpaired) electrons. The minimum Gasteiger partial charge on any atom is -0.395 e. The Morgan fingerprint density at radius 3 is 2.81 bits per heavy atom. The molecule has 0 bridgehead atoms. The quantitative estimate of drug-likeness (QED) is 0.857. The molecule has 4 nitrogen and oxygen atoms in total. The number of benzene rings is 1. The van der Waals surface area contributed by atoms with Crippen molar-refractivity contribution in [1.82, 2.24) is 4.98 Å². The highest BCUT2D eigenvalue weighted by Gasteiger charge is 2.12. The Bertz CT molecular complexity index is 691. The number of aliphatic hydroxyl groups excluding tert-OH is 1. The Hall–Kier alpha value is -2.16. The number of carbonyl (C=O) groups excluding carboxylic acids is 1. The standard InChI is InChI=1S/C16H16N2O2S/c1-11-12(2)21-16(17-11)18-15(20)14-9-4-3-7-13(14)8-5-6-10-19/h3-4,7,9,19H,6,10H2,1-2H3,(H,17,18,20). The molecule has 0 aliphatic carbocycles. The summed E-state index contributed by atoms with van der Waals surface area (Å²) in [6.07, 6.45) is 0.390. The number of aryl methyl sites for hydroxylation is 2. The minimum atomic E-state index is -0.224. The molecule has 0 unspecified atom stereocenters.